The molecule has 120 valence electrons. The van der Waals surface area contributed by atoms with Crippen molar-refractivity contribution < 1.29 is 13.9 Å². The van der Waals surface area contributed by atoms with Gasteiger partial charge in [-0.05, 0) is 29.7 Å². The number of carbonyl (C=O) groups is 1. The first-order valence-electron chi connectivity index (χ1n) is 7.90. The van der Waals surface area contributed by atoms with Crippen LogP contribution in [0, 0.1) is 5.82 Å². The Labute approximate surface area is 135 Å². The lowest BCUT2D eigenvalue weighted by atomic mass is 10.0. The van der Waals surface area contributed by atoms with Gasteiger partial charge in [0.05, 0.1) is 19.3 Å². The summed E-state index contributed by atoms with van der Waals surface area (Å²) in [6.07, 6.45) is 0.933. The molecule has 1 atom stereocenters. The Morgan fingerprint density at radius 1 is 1.17 bits per heavy atom. The number of hydrogen-bond donors (Lipinski definition) is 0. The second kappa shape index (κ2) is 7.38. The lowest BCUT2D eigenvalue weighted by molar-refractivity contribution is -0.140. The molecule has 0 radical (unpaired) electrons. The second-order valence-corrected chi connectivity index (χ2v) is 5.72. The molecule has 0 saturated carbocycles. The maximum atomic E-state index is 13.2. The molecule has 1 saturated heterocycles. The van der Waals surface area contributed by atoms with Crippen LogP contribution in [0.3, 0.4) is 0 Å². The van der Waals surface area contributed by atoms with Gasteiger partial charge in [-0.2, -0.15) is 0 Å². The van der Waals surface area contributed by atoms with E-state index in [9.17, 15) is 9.18 Å². The summed E-state index contributed by atoms with van der Waals surface area (Å²) in [5.41, 5.74) is 1.94. The number of aryl methyl sites for hydroxylation is 1. The van der Waals surface area contributed by atoms with Crippen LogP contribution < -0.4 is 0 Å². The van der Waals surface area contributed by atoms with Gasteiger partial charge in [0.1, 0.15) is 5.82 Å². The highest BCUT2D eigenvalue weighted by Gasteiger charge is 2.28. The number of halogens is 1. The Bertz CT molecular complexity index is 659. The third-order valence-electron chi connectivity index (χ3n) is 4.15. The normalized spacial score (nSPS) is 18.0. The van der Waals surface area contributed by atoms with Crippen LogP contribution in [-0.4, -0.2) is 30.6 Å². The van der Waals surface area contributed by atoms with E-state index in [0.717, 1.165) is 11.1 Å². The van der Waals surface area contributed by atoms with Crippen LogP contribution in [0.15, 0.2) is 54.6 Å². The Balaban J connectivity index is 1.67. The molecule has 3 nitrogen and oxygen atoms in total. The highest BCUT2D eigenvalue weighted by Crippen LogP contribution is 2.25. The van der Waals surface area contributed by atoms with Gasteiger partial charge < -0.3 is 9.64 Å². The van der Waals surface area contributed by atoms with E-state index in [0.29, 0.717) is 32.6 Å². The smallest absolute Gasteiger partial charge is 0.223 e. The van der Waals surface area contributed by atoms with Gasteiger partial charge in [0, 0.05) is 13.0 Å². The quantitative estimate of drug-likeness (QED) is 0.866. The van der Waals surface area contributed by atoms with Crippen LogP contribution >= 0.6 is 0 Å². The number of benzene rings is 2. The average molecular weight is 313 g/mol. The number of morpholine rings is 1. The van der Waals surface area contributed by atoms with E-state index in [-0.39, 0.29) is 17.8 Å². The topological polar surface area (TPSA) is 29.5 Å². The molecule has 1 amide bonds. The highest BCUT2D eigenvalue weighted by molar-refractivity contribution is 5.77. The van der Waals surface area contributed by atoms with E-state index in [1.54, 1.807) is 6.07 Å². The first-order valence-corrected chi connectivity index (χ1v) is 7.90. The SMILES string of the molecule is O=C(CCc1cccc(F)c1)N1CCOCC1c1ccccc1. The molecule has 1 unspecified atom stereocenters. The monoisotopic (exact) mass is 313 g/mol. The van der Waals surface area contributed by atoms with Gasteiger partial charge in [-0.1, -0.05) is 42.5 Å². The van der Waals surface area contributed by atoms with E-state index in [4.69, 9.17) is 4.74 Å². The number of rotatable bonds is 4. The van der Waals surface area contributed by atoms with E-state index < -0.39 is 0 Å². The Morgan fingerprint density at radius 2 is 2.00 bits per heavy atom. The van der Waals surface area contributed by atoms with Crippen LogP contribution in [-0.2, 0) is 16.0 Å². The largest absolute Gasteiger partial charge is 0.377 e. The van der Waals surface area contributed by atoms with Crippen molar-refractivity contribution in [1.29, 1.82) is 0 Å². The zero-order valence-corrected chi connectivity index (χ0v) is 13.0. The van der Waals surface area contributed by atoms with Crippen LogP contribution in [0.4, 0.5) is 4.39 Å². The number of amides is 1. The molecule has 1 aliphatic heterocycles. The van der Waals surface area contributed by atoms with Crippen LogP contribution in [0.5, 0.6) is 0 Å². The molecule has 1 fully saturated rings. The first kappa shape index (κ1) is 15.7. The molecule has 3 rings (SSSR count). The van der Waals surface area contributed by atoms with Crippen molar-refractivity contribution in [2.45, 2.75) is 18.9 Å². The van der Waals surface area contributed by atoms with E-state index in [1.807, 2.05) is 41.3 Å². The fraction of sp³-hybridized carbons (Fsp3) is 0.316. The molecular formula is C19H20FNO2. The second-order valence-electron chi connectivity index (χ2n) is 5.72. The summed E-state index contributed by atoms with van der Waals surface area (Å²) in [5, 5.41) is 0. The molecule has 0 spiro atoms. The molecule has 2 aromatic rings. The van der Waals surface area contributed by atoms with Crippen LogP contribution in [0.25, 0.3) is 0 Å². The summed E-state index contributed by atoms with van der Waals surface area (Å²) in [7, 11) is 0. The first-order chi connectivity index (χ1) is 11.2. The molecule has 2 aromatic carbocycles. The van der Waals surface area contributed by atoms with Gasteiger partial charge in [-0.3, -0.25) is 4.79 Å². The summed E-state index contributed by atoms with van der Waals surface area (Å²) in [6, 6.07) is 16.3. The fourth-order valence-corrected chi connectivity index (χ4v) is 2.94. The van der Waals surface area contributed by atoms with Gasteiger partial charge in [0.15, 0.2) is 0 Å². The molecule has 4 heteroatoms. The summed E-state index contributed by atoms with van der Waals surface area (Å²) in [5.74, 6) is -0.171. The molecule has 0 N–H and O–H groups in total. The highest BCUT2D eigenvalue weighted by atomic mass is 19.1. The van der Waals surface area contributed by atoms with Crippen molar-refractivity contribution in [3.05, 3.63) is 71.5 Å². The molecule has 1 heterocycles. The molecule has 23 heavy (non-hydrogen) atoms. The summed E-state index contributed by atoms with van der Waals surface area (Å²) >= 11 is 0. The molecular weight excluding hydrogens is 293 g/mol. The Morgan fingerprint density at radius 3 is 2.78 bits per heavy atom. The third-order valence-corrected chi connectivity index (χ3v) is 4.15. The van der Waals surface area contributed by atoms with Gasteiger partial charge in [0.2, 0.25) is 5.91 Å². The lowest BCUT2D eigenvalue weighted by Gasteiger charge is -2.36. The number of carbonyl (C=O) groups excluding carboxylic acids is 1. The summed E-state index contributed by atoms with van der Waals surface area (Å²) in [4.78, 5) is 14.5. The fourth-order valence-electron chi connectivity index (χ4n) is 2.94. The minimum absolute atomic E-state index is 0.0371. The van der Waals surface area contributed by atoms with Crippen molar-refractivity contribution in [3.8, 4) is 0 Å². The molecule has 0 aromatic heterocycles. The van der Waals surface area contributed by atoms with E-state index in [2.05, 4.69) is 0 Å². The van der Waals surface area contributed by atoms with Crippen LogP contribution in [0.2, 0.25) is 0 Å². The van der Waals surface area contributed by atoms with E-state index >= 15 is 0 Å². The number of ether oxygens (including phenoxy) is 1. The van der Waals surface area contributed by atoms with E-state index in [1.165, 1.54) is 12.1 Å². The maximum Gasteiger partial charge on any atom is 0.223 e. The standard InChI is InChI=1S/C19H20FNO2/c20-17-8-4-5-15(13-17)9-10-19(22)21-11-12-23-14-18(21)16-6-2-1-3-7-16/h1-8,13,18H,9-12,14H2. The number of nitrogens with zero attached hydrogens (tertiary/aromatic N) is 1. The van der Waals surface area contributed by atoms with Gasteiger partial charge in [-0.25, -0.2) is 4.39 Å². The molecule has 0 bridgehead atoms. The molecule has 1 aliphatic rings. The maximum absolute atomic E-state index is 13.2. The van der Waals surface area contributed by atoms with Crippen molar-refractivity contribution in [2.24, 2.45) is 0 Å². The van der Waals surface area contributed by atoms with Crippen molar-refractivity contribution >= 4 is 5.91 Å². The lowest BCUT2D eigenvalue weighted by Crippen LogP contribution is -2.43. The van der Waals surface area contributed by atoms with Crippen molar-refractivity contribution in [2.75, 3.05) is 19.8 Å². The van der Waals surface area contributed by atoms with Gasteiger partial charge >= 0.3 is 0 Å². The third kappa shape index (κ3) is 3.96. The summed E-state index contributed by atoms with van der Waals surface area (Å²) < 4.78 is 18.8. The van der Waals surface area contributed by atoms with Gasteiger partial charge in [-0.15, -0.1) is 0 Å². The minimum atomic E-state index is -0.261. The van der Waals surface area contributed by atoms with Crippen molar-refractivity contribution in [1.82, 2.24) is 4.90 Å². The Hall–Kier alpha value is -2.20. The molecule has 0 aliphatic carbocycles. The zero-order valence-electron chi connectivity index (χ0n) is 13.0. The zero-order chi connectivity index (χ0) is 16.1. The Kier molecular flexibility index (Phi) is 5.03. The summed E-state index contributed by atoms with van der Waals surface area (Å²) in [6.45, 7) is 1.69. The van der Waals surface area contributed by atoms with Crippen molar-refractivity contribution in [3.63, 3.8) is 0 Å². The minimum Gasteiger partial charge on any atom is -0.377 e. The predicted octanol–water partition coefficient (Wildman–Crippen LogP) is 3.36. The van der Waals surface area contributed by atoms with Crippen LogP contribution in [0.1, 0.15) is 23.6 Å². The van der Waals surface area contributed by atoms with Gasteiger partial charge in [0.25, 0.3) is 0 Å². The number of hydrogen-bond acceptors (Lipinski definition) is 2. The predicted molar refractivity (Wildman–Crippen MR) is 86.4 cm³/mol. The average Bonchev–Trinajstić information content (AvgIpc) is 2.60.